The van der Waals surface area contributed by atoms with Crippen LogP contribution in [0.4, 0.5) is 11.5 Å². The third-order valence-electron chi connectivity index (χ3n) is 3.67. The van der Waals surface area contributed by atoms with Gasteiger partial charge in [0.2, 0.25) is 0 Å². The van der Waals surface area contributed by atoms with Crippen molar-refractivity contribution in [2.45, 2.75) is 13.5 Å². The molecule has 0 radical (unpaired) electrons. The van der Waals surface area contributed by atoms with E-state index in [1.807, 2.05) is 49.4 Å². The molecule has 0 atom stereocenters. The lowest BCUT2D eigenvalue weighted by molar-refractivity contribution is 0.690. The van der Waals surface area contributed by atoms with Gasteiger partial charge in [-0.2, -0.15) is 5.10 Å². The van der Waals surface area contributed by atoms with Crippen LogP contribution in [-0.2, 0) is 6.54 Å². The van der Waals surface area contributed by atoms with Gasteiger partial charge >= 0.3 is 0 Å². The number of nitrogens with zero attached hydrogens (tertiary/aromatic N) is 2. The number of hydrogen-bond donors (Lipinski definition) is 2. The average molecular weight is 426 g/mol. The molecule has 1 heterocycles. The molecule has 0 aliphatic heterocycles. The van der Waals surface area contributed by atoms with Gasteiger partial charge in [-0.1, -0.05) is 59.1 Å². The van der Waals surface area contributed by atoms with E-state index in [1.165, 1.54) is 0 Å². The van der Waals surface area contributed by atoms with Crippen LogP contribution in [0.2, 0.25) is 15.1 Å². The van der Waals surface area contributed by atoms with E-state index in [0.717, 1.165) is 16.8 Å². The number of nitrogens with one attached hydrogen (secondary N) is 2. The van der Waals surface area contributed by atoms with Gasteiger partial charge in [-0.25, -0.2) is 0 Å². The molecule has 0 fully saturated rings. The molecule has 0 aliphatic rings. The third-order valence-corrected chi connectivity index (χ3v) is 4.93. The largest absolute Gasteiger partial charge is 0.332 e. The van der Waals surface area contributed by atoms with E-state index in [1.54, 1.807) is 10.9 Å². The summed E-state index contributed by atoms with van der Waals surface area (Å²) in [5, 5.41) is 12.7. The topological polar surface area (TPSA) is 41.9 Å². The second kappa shape index (κ2) is 8.27. The molecule has 3 aromatic rings. The van der Waals surface area contributed by atoms with Crippen molar-refractivity contribution in [2.24, 2.45) is 0 Å². The van der Waals surface area contributed by atoms with Gasteiger partial charge in [0.25, 0.3) is 0 Å². The van der Waals surface area contributed by atoms with Gasteiger partial charge in [0.15, 0.2) is 10.9 Å². The predicted molar refractivity (Wildman–Crippen MR) is 114 cm³/mol. The molecule has 0 aliphatic carbocycles. The minimum absolute atomic E-state index is 0.370. The van der Waals surface area contributed by atoms with E-state index in [2.05, 4.69) is 15.7 Å². The summed E-state index contributed by atoms with van der Waals surface area (Å²) in [5.74, 6) is 0.467. The number of aryl methyl sites for hydroxylation is 1. The SMILES string of the molecule is Cc1ccc(NC(=S)Nc2nn(Cc3ccccc3Cl)cc2Cl)cc1Cl. The first kappa shape index (κ1) is 19.0. The van der Waals surface area contributed by atoms with Crippen LogP contribution in [0.25, 0.3) is 0 Å². The summed E-state index contributed by atoms with van der Waals surface area (Å²) in [6.45, 7) is 2.45. The zero-order valence-corrected chi connectivity index (χ0v) is 16.8. The molecule has 2 N–H and O–H groups in total. The number of benzene rings is 2. The summed E-state index contributed by atoms with van der Waals surface area (Å²) in [4.78, 5) is 0. The van der Waals surface area contributed by atoms with Crippen LogP contribution >= 0.6 is 47.0 Å². The van der Waals surface area contributed by atoms with Crippen molar-refractivity contribution in [3.05, 3.63) is 74.9 Å². The van der Waals surface area contributed by atoms with Crippen molar-refractivity contribution in [2.75, 3.05) is 10.6 Å². The van der Waals surface area contributed by atoms with Crippen LogP contribution in [0, 0.1) is 6.92 Å². The smallest absolute Gasteiger partial charge is 0.176 e. The fourth-order valence-corrected chi connectivity index (χ4v) is 3.09. The molecule has 26 heavy (non-hydrogen) atoms. The molecule has 0 spiro atoms. The Balaban J connectivity index is 1.68. The second-order valence-corrected chi connectivity index (χ2v) is 7.29. The Morgan fingerprint density at radius 1 is 1.04 bits per heavy atom. The Labute approximate surface area is 172 Å². The number of anilines is 2. The normalized spacial score (nSPS) is 10.6. The molecule has 134 valence electrons. The van der Waals surface area contributed by atoms with E-state index in [4.69, 9.17) is 47.0 Å². The molecule has 3 rings (SSSR count). The average Bonchev–Trinajstić information content (AvgIpc) is 2.92. The Kier molecular flexibility index (Phi) is 6.04. The first-order valence-electron chi connectivity index (χ1n) is 7.73. The lowest BCUT2D eigenvalue weighted by atomic mass is 10.2. The van der Waals surface area contributed by atoms with Crippen molar-refractivity contribution < 1.29 is 0 Å². The highest BCUT2D eigenvalue weighted by atomic mass is 35.5. The van der Waals surface area contributed by atoms with Crippen molar-refractivity contribution in [3.8, 4) is 0 Å². The van der Waals surface area contributed by atoms with E-state index in [0.29, 0.717) is 32.5 Å². The predicted octanol–water partition coefficient (Wildman–Crippen LogP) is 6.01. The van der Waals surface area contributed by atoms with E-state index in [-0.39, 0.29) is 0 Å². The first-order valence-corrected chi connectivity index (χ1v) is 9.27. The number of rotatable bonds is 4. The Bertz CT molecular complexity index is 955. The van der Waals surface area contributed by atoms with Crippen molar-refractivity contribution in [1.82, 2.24) is 9.78 Å². The zero-order valence-electron chi connectivity index (χ0n) is 13.8. The molecule has 0 amide bonds. The van der Waals surface area contributed by atoms with Gasteiger partial charge < -0.3 is 10.6 Å². The van der Waals surface area contributed by atoms with Gasteiger partial charge in [-0.15, -0.1) is 0 Å². The number of halogens is 3. The number of hydrogen-bond acceptors (Lipinski definition) is 2. The third kappa shape index (κ3) is 4.68. The summed E-state index contributed by atoms with van der Waals surface area (Å²) < 4.78 is 1.71. The number of aromatic nitrogens is 2. The summed E-state index contributed by atoms with van der Waals surface area (Å²) in [5.41, 5.74) is 2.73. The number of thiocarbonyl (C=S) groups is 1. The monoisotopic (exact) mass is 424 g/mol. The second-order valence-electron chi connectivity index (χ2n) is 5.66. The fourth-order valence-electron chi connectivity index (χ4n) is 2.30. The molecular weight excluding hydrogens is 411 g/mol. The molecule has 4 nitrogen and oxygen atoms in total. The lowest BCUT2D eigenvalue weighted by Gasteiger charge is -2.10. The molecular formula is C18H15Cl3N4S. The van der Waals surface area contributed by atoms with Gasteiger partial charge in [0.05, 0.1) is 6.54 Å². The first-order chi connectivity index (χ1) is 12.4. The molecule has 0 unspecified atom stereocenters. The van der Waals surface area contributed by atoms with Crippen LogP contribution in [0.1, 0.15) is 11.1 Å². The molecule has 1 aromatic heterocycles. The highest BCUT2D eigenvalue weighted by Crippen LogP contribution is 2.23. The van der Waals surface area contributed by atoms with E-state index >= 15 is 0 Å². The van der Waals surface area contributed by atoms with Gasteiger partial charge in [-0.05, 0) is 48.5 Å². The fraction of sp³-hybridized carbons (Fsp3) is 0.111. The molecule has 8 heteroatoms. The van der Waals surface area contributed by atoms with Crippen LogP contribution < -0.4 is 10.6 Å². The maximum Gasteiger partial charge on any atom is 0.176 e. The standard InChI is InChI=1S/C18H15Cl3N4S/c1-11-6-7-13(8-15(11)20)22-18(26)23-17-16(21)10-25(24-17)9-12-4-2-3-5-14(12)19/h2-8,10H,9H2,1H3,(H2,22,23,24,26). The van der Waals surface area contributed by atoms with Crippen molar-refractivity contribution >= 4 is 63.6 Å². The molecule has 0 bridgehead atoms. The van der Waals surface area contributed by atoms with Gasteiger partial charge in [0.1, 0.15) is 5.02 Å². The Hall–Kier alpha value is -1.79. The zero-order chi connectivity index (χ0) is 18.7. The van der Waals surface area contributed by atoms with E-state index in [9.17, 15) is 0 Å². The summed E-state index contributed by atoms with van der Waals surface area (Å²) >= 11 is 23.9. The van der Waals surface area contributed by atoms with Crippen LogP contribution in [0.5, 0.6) is 0 Å². The minimum Gasteiger partial charge on any atom is -0.332 e. The maximum atomic E-state index is 6.26. The molecule has 0 saturated heterocycles. The highest BCUT2D eigenvalue weighted by Gasteiger charge is 2.10. The summed E-state index contributed by atoms with van der Waals surface area (Å²) in [6, 6.07) is 13.2. The molecule has 0 saturated carbocycles. The van der Waals surface area contributed by atoms with Crippen molar-refractivity contribution in [3.63, 3.8) is 0 Å². The minimum atomic E-state index is 0.370. The highest BCUT2D eigenvalue weighted by molar-refractivity contribution is 7.80. The van der Waals surface area contributed by atoms with Crippen LogP contribution in [-0.4, -0.2) is 14.9 Å². The Morgan fingerprint density at radius 2 is 1.81 bits per heavy atom. The summed E-state index contributed by atoms with van der Waals surface area (Å²) in [6.07, 6.45) is 1.72. The van der Waals surface area contributed by atoms with E-state index < -0.39 is 0 Å². The Morgan fingerprint density at radius 3 is 2.54 bits per heavy atom. The maximum absolute atomic E-state index is 6.26. The lowest BCUT2D eigenvalue weighted by Crippen LogP contribution is -2.19. The van der Waals surface area contributed by atoms with Gasteiger partial charge in [-0.3, -0.25) is 4.68 Å². The quantitative estimate of drug-likeness (QED) is 0.502. The van der Waals surface area contributed by atoms with Crippen LogP contribution in [0.15, 0.2) is 48.7 Å². The van der Waals surface area contributed by atoms with Gasteiger partial charge in [0, 0.05) is 21.9 Å². The summed E-state index contributed by atoms with van der Waals surface area (Å²) in [7, 11) is 0. The van der Waals surface area contributed by atoms with Crippen LogP contribution in [0.3, 0.4) is 0 Å². The van der Waals surface area contributed by atoms with Crippen molar-refractivity contribution in [1.29, 1.82) is 0 Å². The molecule has 2 aromatic carbocycles.